The average Bonchev–Trinajstić information content (AvgIpc) is 3.37. The van der Waals surface area contributed by atoms with E-state index in [1.807, 2.05) is 10.9 Å². The quantitative estimate of drug-likeness (QED) is 0.657. The van der Waals surface area contributed by atoms with Crippen LogP contribution in [0.15, 0.2) is 24.7 Å². The minimum absolute atomic E-state index is 0.0178. The Morgan fingerprint density at radius 3 is 2.81 bits per heavy atom. The molecule has 0 amide bonds. The highest BCUT2D eigenvalue weighted by Crippen LogP contribution is 2.32. The van der Waals surface area contributed by atoms with Crippen molar-refractivity contribution in [1.82, 2.24) is 29.9 Å². The molecule has 2 aliphatic heterocycles. The van der Waals surface area contributed by atoms with Crippen LogP contribution in [-0.2, 0) is 17.6 Å². The minimum Gasteiger partial charge on any atom is -0.479 e. The number of fused-ring (bicyclic) bond motifs is 1. The number of methoxy groups -OCH3 is 1. The summed E-state index contributed by atoms with van der Waals surface area (Å²) in [7, 11) is 1.41. The summed E-state index contributed by atoms with van der Waals surface area (Å²) in [6.07, 6.45) is 9.33. The van der Waals surface area contributed by atoms with E-state index in [1.165, 1.54) is 13.2 Å². The maximum atomic E-state index is 14.4. The van der Waals surface area contributed by atoms with E-state index in [1.54, 1.807) is 6.20 Å². The summed E-state index contributed by atoms with van der Waals surface area (Å²) >= 11 is 0. The summed E-state index contributed by atoms with van der Waals surface area (Å²) in [6.45, 7) is 5.61. The predicted octanol–water partition coefficient (Wildman–Crippen LogP) is 2.95. The van der Waals surface area contributed by atoms with Crippen molar-refractivity contribution in [2.45, 2.75) is 38.6 Å². The van der Waals surface area contributed by atoms with Gasteiger partial charge in [-0.3, -0.25) is 4.68 Å². The topological polar surface area (TPSA) is 79.0 Å². The predicted molar refractivity (Wildman–Crippen MR) is 118 cm³/mol. The lowest BCUT2D eigenvalue weighted by Gasteiger charge is -2.28. The molecule has 1 atom stereocenters. The van der Waals surface area contributed by atoms with Gasteiger partial charge in [-0.15, -0.1) is 0 Å². The first kappa shape index (κ1) is 21.1. The van der Waals surface area contributed by atoms with Gasteiger partial charge in [0.25, 0.3) is 0 Å². The summed E-state index contributed by atoms with van der Waals surface area (Å²) in [6, 6.07) is 1.76. The Labute approximate surface area is 186 Å². The fourth-order valence-electron chi connectivity index (χ4n) is 4.80. The molecular weight excluding hydrogens is 411 g/mol. The lowest BCUT2D eigenvalue weighted by molar-refractivity contribution is 0.145. The molecule has 1 N–H and O–H groups in total. The van der Waals surface area contributed by atoms with Crippen LogP contribution < -0.4 is 10.1 Å². The lowest BCUT2D eigenvalue weighted by atomic mass is 9.91. The number of ether oxygens (including phenoxy) is 2. The first-order valence-electron chi connectivity index (χ1n) is 11.3. The fraction of sp³-hybridized carbons (Fsp3) is 0.522. The van der Waals surface area contributed by atoms with Crippen LogP contribution in [0.25, 0.3) is 16.9 Å². The first-order chi connectivity index (χ1) is 15.7. The van der Waals surface area contributed by atoms with E-state index in [0.717, 1.165) is 61.4 Å². The molecule has 1 unspecified atom stereocenters. The normalized spacial score (nSPS) is 18.2. The molecule has 9 heteroatoms. The zero-order valence-corrected chi connectivity index (χ0v) is 18.6. The standard InChI is InChI=1S/C23H29FN6O2/c1-15(16-3-7-25-8-4-16)29-14-18(13-27-29)30-21-6-10-32-9-5-19(21)22(28-30)17-11-20(24)23(31-2)26-12-17/h11-16,25H,3-10H2,1-2H3. The van der Waals surface area contributed by atoms with Gasteiger partial charge in [-0.05, 0) is 51.3 Å². The molecule has 0 bridgehead atoms. The monoisotopic (exact) mass is 440 g/mol. The van der Waals surface area contributed by atoms with Crippen molar-refractivity contribution in [3.63, 3.8) is 0 Å². The Bertz CT molecular complexity index is 1090. The SMILES string of the molecule is COc1ncc(-c2nn(-c3cnn(C(C)C4CCNCC4)c3)c3c2CCOCC3)cc1F. The van der Waals surface area contributed by atoms with Crippen LogP contribution >= 0.6 is 0 Å². The largest absolute Gasteiger partial charge is 0.479 e. The van der Waals surface area contributed by atoms with Crippen LogP contribution in [0, 0.1) is 11.7 Å². The van der Waals surface area contributed by atoms with Gasteiger partial charge in [0.05, 0.1) is 50.1 Å². The Balaban J connectivity index is 1.52. The Hall–Kier alpha value is -2.78. The van der Waals surface area contributed by atoms with Gasteiger partial charge in [0.15, 0.2) is 5.82 Å². The van der Waals surface area contributed by atoms with Crippen LogP contribution in [0.1, 0.15) is 37.1 Å². The Kier molecular flexibility index (Phi) is 5.93. The zero-order chi connectivity index (χ0) is 22.1. The van der Waals surface area contributed by atoms with E-state index in [4.69, 9.17) is 14.6 Å². The van der Waals surface area contributed by atoms with E-state index in [9.17, 15) is 4.39 Å². The highest BCUT2D eigenvalue weighted by molar-refractivity contribution is 5.65. The summed E-state index contributed by atoms with van der Waals surface area (Å²) in [4.78, 5) is 4.11. The molecule has 1 saturated heterocycles. The molecule has 3 aromatic rings. The third-order valence-electron chi connectivity index (χ3n) is 6.66. The van der Waals surface area contributed by atoms with Crippen molar-refractivity contribution >= 4 is 0 Å². The number of nitrogens with zero attached hydrogens (tertiary/aromatic N) is 5. The van der Waals surface area contributed by atoms with Crippen molar-refractivity contribution in [3.8, 4) is 22.8 Å². The number of rotatable bonds is 5. The highest BCUT2D eigenvalue weighted by atomic mass is 19.1. The molecule has 0 aromatic carbocycles. The number of hydrogen-bond donors (Lipinski definition) is 1. The third-order valence-corrected chi connectivity index (χ3v) is 6.66. The van der Waals surface area contributed by atoms with Crippen molar-refractivity contribution in [1.29, 1.82) is 0 Å². The van der Waals surface area contributed by atoms with Gasteiger partial charge < -0.3 is 14.8 Å². The smallest absolute Gasteiger partial charge is 0.250 e. The molecule has 2 aliphatic rings. The van der Waals surface area contributed by atoms with E-state index in [-0.39, 0.29) is 5.88 Å². The molecule has 0 spiro atoms. The second-order valence-corrected chi connectivity index (χ2v) is 8.52. The summed E-state index contributed by atoms with van der Waals surface area (Å²) in [5, 5.41) is 13.0. The summed E-state index contributed by atoms with van der Waals surface area (Å²) in [5.74, 6) is 0.0913. The lowest BCUT2D eigenvalue weighted by Crippen LogP contribution is -2.31. The van der Waals surface area contributed by atoms with Gasteiger partial charge in [-0.1, -0.05) is 0 Å². The second kappa shape index (κ2) is 8.99. The van der Waals surface area contributed by atoms with Crippen molar-refractivity contribution < 1.29 is 13.9 Å². The van der Waals surface area contributed by atoms with Gasteiger partial charge in [-0.25, -0.2) is 14.1 Å². The van der Waals surface area contributed by atoms with E-state index in [2.05, 4.69) is 33.2 Å². The molecule has 0 aliphatic carbocycles. The van der Waals surface area contributed by atoms with Gasteiger partial charge in [0, 0.05) is 23.7 Å². The number of pyridine rings is 1. The van der Waals surface area contributed by atoms with Gasteiger partial charge in [0.2, 0.25) is 5.88 Å². The van der Waals surface area contributed by atoms with Gasteiger partial charge >= 0.3 is 0 Å². The molecule has 32 heavy (non-hydrogen) atoms. The average molecular weight is 441 g/mol. The molecule has 5 rings (SSSR count). The van der Waals surface area contributed by atoms with Crippen LogP contribution in [0.4, 0.5) is 4.39 Å². The number of halogens is 1. The molecule has 170 valence electrons. The maximum Gasteiger partial charge on any atom is 0.250 e. The molecular formula is C23H29FN6O2. The third kappa shape index (κ3) is 3.91. The number of nitrogens with one attached hydrogen (secondary N) is 1. The number of hydrogen-bond acceptors (Lipinski definition) is 6. The van der Waals surface area contributed by atoms with E-state index < -0.39 is 5.82 Å². The summed E-state index contributed by atoms with van der Waals surface area (Å²) < 4.78 is 29.1. The van der Waals surface area contributed by atoms with E-state index >= 15 is 0 Å². The Morgan fingerprint density at radius 2 is 2.03 bits per heavy atom. The number of piperidine rings is 1. The van der Waals surface area contributed by atoms with Gasteiger partial charge in [-0.2, -0.15) is 10.2 Å². The van der Waals surface area contributed by atoms with E-state index in [0.29, 0.717) is 30.7 Å². The van der Waals surface area contributed by atoms with Crippen LogP contribution in [-0.4, -0.2) is 58.0 Å². The minimum atomic E-state index is -0.498. The fourth-order valence-corrected chi connectivity index (χ4v) is 4.80. The molecule has 3 aromatic heterocycles. The molecule has 0 saturated carbocycles. The molecule has 8 nitrogen and oxygen atoms in total. The first-order valence-corrected chi connectivity index (χ1v) is 11.3. The molecule has 5 heterocycles. The van der Waals surface area contributed by atoms with Crippen molar-refractivity contribution in [3.05, 3.63) is 41.7 Å². The van der Waals surface area contributed by atoms with Crippen molar-refractivity contribution in [2.24, 2.45) is 5.92 Å². The van der Waals surface area contributed by atoms with Crippen LogP contribution in [0.2, 0.25) is 0 Å². The zero-order valence-electron chi connectivity index (χ0n) is 18.6. The highest BCUT2D eigenvalue weighted by Gasteiger charge is 2.25. The summed E-state index contributed by atoms with van der Waals surface area (Å²) in [5.41, 5.74) is 4.45. The van der Waals surface area contributed by atoms with Gasteiger partial charge in [0.1, 0.15) is 5.69 Å². The second-order valence-electron chi connectivity index (χ2n) is 8.52. The maximum absolute atomic E-state index is 14.4. The number of aromatic nitrogens is 5. The van der Waals surface area contributed by atoms with Crippen LogP contribution in [0.5, 0.6) is 5.88 Å². The van der Waals surface area contributed by atoms with Crippen molar-refractivity contribution in [2.75, 3.05) is 33.4 Å². The molecule has 1 fully saturated rings. The van der Waals surface area contributed by atoms with Crippen LogP contribution in [0.3, 0.4) is 0 Å². The molecule has 0 radical (unpaired) electrons. The Morgan fingerprint density at radius 1 is 1.22 bits per heavy atom.